The van der Waals surface area contributed by atoms with Gasteiger partial charge in [-0.3, -0.25) is 4.79 Å². The second-order valence-corrected chi connectivity index (χ2v) is 6.27. The zero-order valence-corrected chi connectivity index (χ0v) is 14.0. The van der Waals surface area contributed by atoms with E-state index in [1.807, 2.05) is 42.6 Å². The minimum absolute atomic E-state index is 0.0659. The van der Waals surface area contributed by atoms with Crippen LogP contribution in [0, 0.1) is 0 Å². The number of aromatic nitrogens is 1. The number of benzene rings is 3. The van der Waals surface area contributed by atoms with Crippen molar-refractivity contribution in [3.8, 4) is 0 Å². The summed E-state index contributed by atoms with van der Waals surface area (Å²) in [6.07, 6.45) is 3.27. The minimum Gasteiger partial charge on any atom is -0.361 e. The maximum absolute atomic E-state index is 12.3. The van der Waals surface area contributed by atoms with Gasteiger partial charge in [-0.25, -0.2) is 0 Å². The van der Waals surface area contributed by atoms with E-state index < -0.39 is 0 Å². The lowest BCUT2D eigenvalue weighted by molar-refractivity contribution is -0.120. The van der Waals surface area contributed by atoms with E-state index >= 15 is 0 Å². The Balaban J connectivity index is 1.39. The zero-order valence-electron chi connectivity index (χ0n) is 14.0. The molecule has 0 radical (unpaired) electrons. The van der Waals surface area contributed by atoms with Gasteiger partial charge >= 0.3 is 0 Å². The summed E-state index contributed by atoms with van der Waals surface area (Å²) in [5.41, 5.74) is 3.45. The molecule has 3 heteroatoms. The fourth-order valence-corrected chi connectivity index (χ4v) is 3.36. The summed E-state index contributed by atoms with van der Waals surface area (Å²) in [4.78, 5) is 15.6. The largest absolute Gasteiger partial charge is 0.361 e. The van der Waals surface area contributed by atoms with Gasteiger partial charge in [0.2, 0.25) is 5.91 Å². The van der Waals surface area contributed by atoms with Crippen LogP contribution in [0.5, 0.6) is 0 Å². The first-order valence-electron chi connectivity index (χ1n) is 8.59. The Labute approximate surface area is 146 Å². The number of carbonyl (C=O) groups excluding carboxylic acids is 1. The zero-order chi connectivity index (χ0) is 17.1. The molecule has 0 spiro atoms. The van der Waals surface area contributed by atoms with Gasteiger partial charge in [0.05, 0.1) is 6.42 Å². The molecule has 1 heterocycles. The van der Waals surface area contributed by atoms with E-state index in [1.165, 1.54) is 16.3 Å². The molecule has 3 nitrogen and oxygen atoms in total. The van der Waals surface area contributed by atoms with Crippen molar-refractivity contribution in [2.24, 2.45) is 0 Å². The number of hydrogen-bond acceptors (Lipinski definition) is 1. The first kappa shape index (κ1) is 15.5. The fraction of sp³-hybridized carbons (Fsp3) is 0.136. The van der Waals surface area contributed by atoms with Crippen LogP contribution in [0.25, 0.3) is 21.7 Å². The molecule has 0 atom stereocenters. The van der Waals surface area contributed by atoms with Crippen LogP contribution in [0.15, 0.2) is 72.9 Å². The van der Waals surface area contributed by atoms with E-state index in [0.717, 1.165) is 22.9 Å². The molecule has 124 valence electrons. The first-order chi connectivity index (χ1) is 12.3. The van der Waals surface area contributed by atoms with Crippen molar-refractivity contribution in [3.63, 3.8) is 0 Å². The Kier molecular flexibility index (Phi) is 4.21. The van der Waals surface area contributed by atoms with Gasteiger partial charge in [0.1, 0.15) is 0 Å². The van der Waals surface area contributed by atoms with Crippen LogP contribution >= 0.6 is 0 Å². The number of para-hydroxylation sites is 1. The van der Waals surface area contributed by atoms with Gasteiger partial charge < -0.3 is 10.3 Å². The van der Waals surface area contributed by atoms with E-state index in [9.17, 15) is 4.79 Å². The van der Waals surface area contributed by atoms with Crippen LogP contribution < -0.4 is 5.32 Å². The van der Waals surface area contributed by atoms with Gasteiger partial charge in [-0.2, -0.15) is 0 Å². The third-order valence-corrected chi connectivity index (χ3v) is 4.62. The third-order valence-electron chi connectivity index (χ3n) is 4.62. The van der Waals surface area contributed by atoms with Gasteiger partial charge in [0.25, 0.3) is 0 Å². The molecule has 4 rings (SSSR count). The maximum atomic E-state index is 12.3. The Bertz CT molecular complexity index is 1030. The van der Waals surface area contributed by atoms with Crippen LogP contribution in [0.2, 0.25) is 0 Å². The van der Waals surface area contributed by atoms with Crippen molar-refractivity contribution in [3.05, 3.63) is 84.1 Å². The van der Waals surface area contributed by atoms with Crippen LogP contribution in [0.3, 0.4) is 0 Å². The number of fused-ring (bicyclic) bond motifs is 2. The van der Waals surface area contributed by atoms with Crippen molar-refractivity contribution in [2.75, 3.05) is 6.54 Å². The molecule has 1 aromatic heterocycles. The number of amides is 1. The number of hydrogen-bond donors (Lipinski definition) is 2. The highest BCUT2D eigenvalue weighted by Crippen LogP contribution is 2.19. The quantitative estimate of drug-likeness (QED) is 0.566. The third kappa shape index (κ3) is 3.26. The monoisotopic (exact) mass is 328 g/mol. The highest BCUT2D eigenvalue weighted by atomic mass is 16.1. The molecule has 4 aromatic rings. The number of carbonyl (C=O) groups is 1. The van der Waals surface area contributed by atoms with Crippen molar-refractivity contribution in [1.29, 1.82) is 0 Å². The van der Waals surface area contributed by atoms with E-state index in [1.54, 1.807) is 0 Å². The van der Waals surface area contributed by atoms with E-state index in [-0.39, 0.29) is 5.91 Å². The molecular weight excluding hydrogens is 308 g/mol. The second-order valence-electron chi connectivity index (χ2n) is 6.27. The van der Waals surface area contributed by atoms with Gasteiger partial charge in [-0.05, 0) is 34.4 Å². The van der Waals surface area contributed by atoms with Gasteiger partial charge in [0, 0.05) is 23.6 Å². The van der Waals surface area contributed by atoms with Crippen LogP contribution in [0.1, 0.15) is 11.1 Å². The maximum Gasteiger partial charge on any atom is 0.224 e. The predicted octanol–water partition coefficient (Wildman–Crippen LogP) is 4.22. The van der Waals surface area contributed by atoms with E-state index in [2.05, 4.69) is 40.6 Å². The number of aromatic amines is 1. The Morgan fingerprint density at radius 3 is 2.52 bits per heavy atom. The summed E-state index contributed by atoms with van der Waals surface area (Å²) in [6, 6.07) is 22.5. The average molecular weight is 328 g/mol. The molecule has 1 amide bonds. The van der Waals surface area contributed by atoms with Gasteiger partial charge in [-0.15, -0.1) is 0 Å². The summed E-state index contributed by atoms with van der Waals surface area (Å²) in [7, 11) is 0. The molecule has 0 fully saturated rings. The smallest absolute Gasteiger partial charge is 0.224 e. The van der Waals surface area contributed by atoms with Gasteiger partial charge in [0.15, 0.2) is 0 Å². The van der Waals surface area contributed by atoms with Crippen molar-refractivity contribution < 1.29 is 4.79 Å². The molecule has 25 heavy (non-hydrogen) atoms. The second kappa shape index (κ2) is 6.81. The van der Waals surface area contributed by atoms with Crippen LogP contribution in [-0.2, 0) is 17.6 Å². The summed E-state index contributed by atoms with van der Waals surface area (Å²) in [5, 5.41) is 6.60. The molecule has 0 unspecified atom stereocenters. The molecule has 0 aliphatic carbocycles. The molecular formula is C22H20N2O. The lowest BCUT2D eigenvalue weighted by Crippen LogP contribution is -2.27. The number of H-pyrrole nitrogens is 1. The van der Waals surface area contributed by atoms with E-state index in [4.69, 9.17) is 0 Å². The van der Waals surface area contributed by atoms with Gasteiger partial charge in [-0.1, -0.05) is 60.7 Å². The predicted molar refractivity (Wildman–Crippen MR) is 103 cm³/mol. The van der Waals surface area contributed by atoms with Crippen molar-refractivity contribution >= 4 is 27.6 Å². The van der Waals surface area contributed by atoms with Crippen LogP contribution in [-0.4, -0.2) is 17.4 Å². The summed E-state index contributed by atoms with van der Waals surface area (Å²) in [6.45, 7) is 0.644. The normalized spacial score (nSPS) is 11.0. The molecule has 0 aliphatic rings. The van der Waals surface area contributed by atoms with Crippen molar-refractivity contribution in [2.45, 2.75) is 12.8 Å². The topological polar surface area (TPSA) is 44.9 Å². The Morgan fingerprint density at radius 2 is 1.60 bits per heavy atom. The Morgan fingerprint density at radius 1 is 0.840 bits per heavy atom. The fourth-order valence-electron chi connectivity index (χ4n) is 3.36. The molecule has 0 bridgehead atoms. The molecule has 2 N–H and O–H groups in total. The number of nitrogens with one attached hydrogen (secondary N) is 2. The highest BCUT2D eigenvalue weighted by Gasteiger charge is 2.07. The summed E-state index contributed by atoms with van der Waals surface area (Å²) < 4.78 is 0. The van der Waals surface area contributed by atoms with Crippen molar-refractivity contribution in [1.82, 2.24) is 10.3 Å². The molecule has 0 aliphatic heterocycles. The summed E-state index contributed by atoms with van der Waals surface area (Å²) >= 11 is 0. The first-order valence-corrected chi connectivity index (χ1v) is 8.59. The minimum atomic E-state index is 0.0659. The SMILES string of the molecule is O=C(Cc1cccc2ccccc12)NCCc1c[nH]c2ccccc12. The molecule has 0 saturated carbocycles. The summed E-state index contributed by atoms with van der Waals surface area (Å²) in [5.74, 6) is 0.0659. The van der Waals surface area contributed by atoms with E-state index in [0.29, 0.717) is 13.0 Å². The highest BCUT2D eigenvalue weighted by molar-refractivity contribution is 5.90. The number of rotatable bonds is 5. The lowest BCUT2D eigenvalue weighted by atomic mass is 10.0. The Hall–Kier alpha value is -3.07. The van der Waals surface area contributed by atoms with Crippen LogP contribution in [0.4, 0.5) is 0 Å². The average Bonchev–Trinajstić information content (AvgIpc) is 3.05. The lowest BCUT2D eigenvalue weighted by Gasteiger charge is -2.08. The molecule has 3 aromatic carbocycles. The standard InChI is InChI=1S/C22H20N2O/c25-22(14-17-8-5-7-16-6-1-2-9-19(16)17)23-13-12-18-15-24-21-11-4-3-10-20(18)21/h1-11,15,24H,12-14H2,(H,23,25). The molecule has 0 saturated heterocycles.